The molecule has 1 aromatic heterocycles. The minimum atomic E-state index is 0.602. The van der Waals surface area contributed by atoms with Gasteiger partial charge in [-0.05, 0) is 42.5 Å². The molecule has 0 aliphatic rings. The number of fused-ring (bicyclic) bond motifs is 1. The van der Waals surface area contributed by atoms with Crippen molar-refractivity contribution in [2.24, 2.45) is 0 Å². The highest BCUT2D eigenvalue weighted by Gasteiger charge is 2.05. The third kappa shape index (κ3) is 2.79. The summed E-state index contributed by atoms with van der Waals surface area (Å²) in [7, 11) is 1.69. The molecular weight excluding hydrogens is 264 g/mol. The monoisotopic (exact) mass is 282 g/mol. The number of nitrogens with zero attached hydrogens (tertiary/aromatic N) is 1. The van der Waals surface area contributed by atoms with Crippen LogP contribution in [0.5, 0.6) is 11.5 Å². The quantitative estimate of drug-likeness (QED) is 0.730. The van der Waals surface area contributed by atoms with E-state index in [4.69, 9.17) is 15.2 Å². The fourth-order valence-corrected chi connectivity index (χ4v) is 2.39. The van der Waals surface area contributed by atoms with Crippen molar-refractivity contribution < 1.29 is 9.47 Å². The Bertz CT molecular complexity index is 732. The van der Waals surface area contributed by atoms with Gasteiger partial charge in [0.2, 0.25) is 0 Å². The smallest absolute Gasteiger partial charge is 0.128 e. The van der Waals surface area contributed by atoms with E-state index in [0.717, 1.165) is 34.6 Å². The van der Waals surface area contributed by atoms with Crippen LogP contribution in [0, 0.1) is 0 Å². The van der Waals surface area contributed by atoms with Crippen molar-refractivity contribution in [3.05, 3.63) is 54.7 Å². The van der Waals surface area contributed by atoms with Crippen LogP contribution in [0.3, 0.4) is 0 Å². The molecule has 4 heteroatoms. The Labute approximate surface area is 123 Å². The topological polar surface area (TPSA) is 49.4 Å². The maximum atomic E-state index is 5.73. The van der Waals surface area contributed by atoms with Crippen LogP contribution in [0.15, 0.2) is 54.7 Å². The Morgan fingerprint density at radius 2 is 1.86 bits per heavy atom. The van der Waals surface area contributed by atoms with Gasteiger partial charge in [-0.25, -0.2) is 0 Å². The summed E-state index contributed by atoms with van der Waals surface area (Å²) in [6, 6.07) is 15.6. The number of hydrogen-bond donors (Lipinski definition) is 1. The van der Waals surface area contributed by atoms with Crippen LogP contribution in [0.25, 0.3) is 10.9 Å². The molecule has 0 bridgehead atoms. The minimum absolute atomic E-state index is 0.602. The first-order valence-corrected chi connectivity index (χ1v) is 6.88. The zero-order chi connectivity index (χ0) is 14.7. The second kappa shape index (κ2) is 5.79. The van der Waals surface area contributed by atoms with E-state index in [2.05, 4.69) is 22.9 Å². The van der Waals surface area contributed by atoms with Crippen LogP contribution < -0.4 is 15.2 Å². The Kier molecular flexibility index (Phi) is 3.69. The van der Waals surface area contributed by atoms with Gasteiger partial charge in [-0.3, -0.25) is 0 Å². The molecule has 0 saturated heterocycles. The SMILES string of the molecule is COc1cccc2c1ccn2CCOc1ccc(N)cc1. The molecule has 21 heavy (non-hydrogen) atoms. The van der Waals surface area contributed by atoms with Crippen LogP contribution in [-0.2, 0) is 6.54 Å². The largest absolute Gasteiger partial charge is 0.496 e. The Morgan fingerprint density at radius 1 is 1.05 bits per heavy atom. The molecule has 2 N–H and O–H groups in total. The van der Waals surface area contributed by atoms with E-state index >= 15 is 0 Å². The normalized spacial score (nSPS) is 10.7. The maximum Gasteiger partial charge on any atom is 0.128 e. The number of benzene rings is 2. The minimum Gasteiger partial charge on any atom is -0.496 e. The van der Waals surface area contributed by atoms with E-state index in [1.54, 1.807) is 7.11 Å². The van der Waals surface area contributed by atoms with Crippen molar-refractivity contribution in [3.63, 3.8) is 0 Å². The van der Waals surface area contributed by atoms with Crippen LogP contribution in [0.1, 0.15) is 0 Å². The van der Waals surface area contributed by atoms with Gasteiger partial charge in [-0.1, -0.05) is 6.07 Å². The van der Waals surface area contributed by atoms with E-state index in [-0.39, 0.29) is 0 Å². The highest BCUT2D eigenvalue weighted by Crippen LogP contribution is 2.26. The van der Waals surface area contributed by atoms with Crippen LogP contribution in [0.2, 0.25) is 0 Å². The van der Waals surface area contributed by atoms with Crippen LogP contribution in [-0.4, -0.2) is 18.3 Å². The lowest BCUT2D eigenvalue weighted by molar-refractivity contribution is 0.300. The fraction of sp³-hybridized carbons (Fsp3) is 0.176. The van der Waals surface area contributed by atoms with E-state index in [0.29, 0.717) is 6.61 Å². The molecule has 0 aliphatic carbocycles. The molecule has 0 amide bonds. The molecule has 0 saturated carbocycles. The van der Waals surface area contributed by atoms with Crippen molar-refractivity contribution in [3.8, 4) is 11.5 Å². The van der Waals surface area contributed by atoms with Crippen molar-refractivity contribution in [1.82, 2.24) is 4.57 Å². The lowest BCUT2D eigenvalue weighted by Gasteiger charge is -2.09. The zero-order valence-electron chi connectivity index (χ0n) is 12.0. The molecule has 0 fully saturated rings. The molecule has 0 spiro atoms. The number of nitrogens with two attached hydrogens (primary N) is 1. The van der Waals surface area contributed by atoms with E-state index in [1.165, 1.54) is 0 Å². The standard InChI is InChI=1S/C17H18N2O2/c1-20-17-4-2-3-16-15(17)9-10-19(16)11-12-21-14-7-5-13(18)6-8-14/h2-10H,11-12,18H2,1H3. The number of nitrogen functional groups attached to an aromatic ring is 1. The van der Waals surface area contributed by atoms with Crippen LogP contribution >= 0.6 is 0 Å². The number of hydrogen-bond acceptors (Lipinski definition) is 3. The maximum absolute atomic E-state index is 5.73. The first-order chi connectivity index (χ1) is 10.3. The van der Waals surface area contributed by atoms with E-state index in [1.807, 2.05) is 36.4 Å². The predicted molar refractivity (Wildman–Crippen MR) is 84.8 cm³/mol. The van der Waals surface area contributed by atoms with Crippen molar-refractivity contribution in [1.29, 1.82) is 0 Å². The zero-order valence-corrected chi connectivity index (χ0v) is 12.0. The molecule has 1 heterocycles. The first-order valence-electron chi connectivity index (χ1n) is 6.88. The number of anilines is 1. The summed E-state index contributed by atoms with van der Waals surface area (Å²) in [5.41, 5.74) is 7.54. The highest BCUT2D eigenvalue weighted by atomic mass is 16.5. The Hall–Kier alpha value is -2.62. The Morgan fingerprint density at radius 3 is 2.62 bits per heavy atom. The molecule has 0 unspecified atom stereocenters. The van der Waals surface area contributed by atoms with Gasteiger partial charge in [0.25, 0.3) is 0 Å². The van der Waals surface area contributed by atoms with Gasteiger partial charge in [-0.2, -0.15) is 0 Å². The summed E-state index contributed by atoms with van der Waals surface area (Å²) < 4.78 is 13.3. The second-order valence-corrected chi connectivity index (χ2v) is 4.82. The molecule has 0 radical (unpaired) electrons. The third-order valence-electron chi connectivity index (χ3n) is 3.47. The average molecular weight is 282 g/mol. The van der Waals surface area contributed by atoms with Crippen molar-refractivity contribution in [2.45, 2.75) is 6.54 Å². The van der Waals surface area contributed by atoms with E-state index < -0.39 is 0 Å². The van der Waals surface area contributed by atoms with Gasteiger partial charge in [0.05, 0.1) is 19.2 Å². The third-order valence-corrected chi connectivity index (χ3v) is 3.47. The van der Waals surface area contributed by atoms with Crippen LogP contribution in [0.4, 0.5) is 5.69 Å². The molecule has 4 nitrogen and oxygen atoms in total. The summed E-state index contributed by atoms with van der Waals surface area (Å²) in [6.07, 6.45) is 2.06. The summed E-state index contributed by atoms with van der Waals surface area (Å²) in [4.78, 5) is 0. The lowest BCUT2D eigenvalue weighted by atomic mass is 10.2. The van der Waals surface area contributed by atoms with Gasteiger partial charge in [0, 0.05) is 17.3 Å². The number of rotatable bonds is 5. The van der Waals surface area contributed by atoms with E-state index in [9.17, 15) is 0 Å². The first kappa shape index (κ1) is 13.4. The lowest BCUT2D eigenvalue weighted by Crippen LogP contribution is -2.07. The molecule has 108 valence electrons. The van der Waals surface area contributed by atoms with Gasteiger partial charge >= 0.3 is 0 Å². The molecule has 2 aromatic carbocycles. The summed E-state index contributed by atoms with van der Waals surface area (Å²) in [5, 5.41) is 1.12. The molecule has 0 aliphatic heterocycles. The summed E-state index contributed by atoms with van der Waals surface area (Å²) >= 11 is 0. The van der Waals surface area contributed by atoms with Gasteiger partial charge < -0.3 is 19.8 Å². The second-order valence-electron chi connectivity index (χ2n) is 4.82. The van der Waals surface area contributed by atoms with Crippen molar-refractivity contribution >= 4 is 16.6 Å². The summed E-state index contributed by atoms with van der Waals surface area (Å²) in [5.74, 6) is 1.73. The highest BCUT2D eigenvalue weighted by molar-refractivity contribution is 5.86. The summed E-state index contributed by atoms with van der Waals surface area (Å²) in [6.45, 7) is 1.38. The number of aromatic nitrogens is 1. The predicted octanol–water partition coefficient (Wildman–Crippen LogP) is 3.31. The number of methoxy groups -OCH3 is 1. The van der Waals surface area contributed by atoms with Gasteiger partial charge in [-0.15, -0.1) is 0 Å². The molecule has 0 atom stereocenters. The Balaban J connectivity index is 1.69. The number of ether oxygens (including phenoxy) is 2. The van der Waals surface area contributed by atoms with Crippen molar-refractivity contribution in [2.75, 3.05) is 19.5 Å². The molecule has 3 aromatic rings. The fourth-order valence-electron chi connectivity index (χ4n) is 2.39. The average Bonchev–Trinajstić information content (AvgIpc) is 2.92. The molecule has 3 rings (SSSR count). The van der Waals surface area contributed by atoms with Gasteiger partial charge in [0.1, 0.15) is 18.1 Å². The van der Waals surface area contributed by atoms with Gasteiger partial charge in [0.15, 0.2) is 0 Å². The molecular formula is C17H18N2O2.